The van der Waals surface area contributed by atoms with Crippen molar-refractivity contribution in [3.8, 4) is 0 Å². The maximum absolute atomic E-state index is 11.6. The van der Waals surface area contributed by atoms with Crippen LogP contribution in [0.25, 0.3) is 0 Å². The highest BCUT2D eigenvalue weighted by Crippen LogP contribution is 2.18. The third kappa shape index (κ3) is 2.34. The van der Waals surface area contributed by atoms with Gasteiger partial charge < -0.3 is 14.7 Å². The number of carbonyl (C=O) groups excluding carboxylic acids is 1. The minimum absolute atomic E-state index is 0.137. The SMILES string of the molecule is CN(C)CC1CCN1C(=O)N(C)C. The Balaban J connectivity index is 2.40. The number of hydrogen-bond donors (Lipinski definition) is 0. The molecule has 1 atom stereocenters. The Kier molecular flexibility index (Phi) is 3.14. The van der Waals surface area contributed by atoms with Crippen LogP contribution in [0.2, 0.25) is 0 Å². The summed E-state index contributed by atoms with van der Waals surface area (Å²) >= 11 is 0. The van der Waals surface area contributed by atoms with Crippen LogP contribution in [0.5, 0.6) is 0 Å². The van der Waals surface area contributed by atoms with Crippen molar-refractivity contribution in [2.24, 2.45) is 0 Å². The quantitative estimate of drug-likeness (QED) is 0.619. The minimum Gasteiger partial charge on any atom is -0.331 e. The van der Waals surface area contributed by atoms with Crippen LogP contribution in [0.1, 0.15) is 6.42 Å². The third-order valence-corrected chi connectivity index (χ3v) is 2.35. The van der Waals surface area contributed by atoms with E-state index in [9.17, 15) is 4.79 Å². The predicted octanol–water partition coefficient (Wildman–Crippen LogP) is 0.304. The molecule has 1 unspecified atom stereocenters. The summed E-state index contributed by atoms with van der Waals surface area (Å²) < 4.78 is 0. The van der Waals surface area contributed by atoms with Crippen LogP contribution in [0, 0.1) is 0 Å². The lowest BCUT2D eigenvalue weighted by Crippen LogP contribution is -2.57. The van der Waals surface area contributed by atoms with Crippen molar-refractivity contribution in [1.82, 2.24) is 14.7 Å². The Hall–Kier alpha value is -0.770. The first-order valence-electron chi connectivity index (χ1n) is 4.65. The molecule has 13 heavy (non-hydrogen) atoms. The van der Waals surface area contributed by atoms with Gasteiger partial charge in [-0.05, 0) is 20.5 Å². The van der Waals surface area contributed by atoms with Gasteiger partial charge in [0.1, 0.15) is 0 Å². The molecule has 0 aromatic rings. The van der Waals surface area contributed by atoms with E-state index in [0.717, 1.165) is 19.5 Å². The molecule has 0 radical (unpaired) electrons. The summed E-state index contributed by atoms with van der Waals surface area (Å²) in [6.07, 6.45) is 1.14. The topological polar surface area (TPSA) is 26.8 Å². The number of amides is 2. The molecule has 0 spiro atoms. The summed E-state index contributed by atoms with van der Waals surface area (Å²) in [4.78, 5) is 17.2. The standard InChI is InChI=1S/C9H19N3O/c1-10(2)7-8-5-6-12(8)9(13)11(3)4/h8H,5-7H2,1-4H3. The minimum atomic E-state index is 0.137. The van der Waals surface area contributed by atoms with E-state index >= 15 is 0 Å². The maximum atomic E-state index is 11.6. The van der Waals surface area contributed by atoms with Crippen molar-refractivity contribution in [2.75, 3.05) is 41.3 Å². The molecule has 1 rings (SSSR count). The monoisotopic (exact) mass is 185 g/mol. The second kappa shape index (κ2) is 3.96. The molecule has 1 fully saturated rings. The fourth-order valence-corrected chi connectivity index (χ4v) is 1.56. The van der Waals surface area contributed by atoms with Crippen molar-refractivity contribution in [1.29, 1.82) is 0 Å². The maximum Gasteiger partial charge on any atom is 0.319 e. The largest absolute Gasteiger partial charge is 0.331 e. The highest BCUT2D eigenvalue weighted by molar-refractivity contribution is 5.75. The number of urea groups is 1. The number of carbonyl (C=O) groups is 1. The van der Waals surface area contributed by atoms with Gasteiger partial charge in [0, 0.05) is 33.2 Å². The van der Waals surface area contributed by atoms with Crippen molar-refractivity contribution in [3.05, 3.63) is 0 Å². The molecule has 4 nitrogen and oxygen atoms in total. The molecule has 1 saturated heterocycles. The zero-order valence-electron chi connectivity index (χ0n) is 8.95. The Morgan fingerprint density at radius 3 is 2.31 bits per heavy atom. The van der Waals surface area contributed by atoms with Gasteiger partial charge >= 0.3 is 6.03 Å². The van der Waals surface area contributed by atoms with Crippen molar-refractivity contribution in [3.63, 3.8) is 0 Å². The van der Waals surface area contributed by atoms with Gasteiger partial charge in [0.2, 0.25) is 0 Å². The second-order valence-corrected chi connectivity index (χ2v) is 4.08. The smallest absolute Gasteiger partial charge is 0.319 e. The molecule has 1 aliphatic heterocycles. The van der Waals surface area contributed by atoms with E-state index in [1.54, 1.807) is 19.0 Å². The summed E-state index contributed by atoms with van der Waals surface area (Å²) in [6.45, 7) is 1.88. The van der Waals surface area contributed by atoms with Crippen LogP contribution < -0.4 is 0 Å². The van der Waals surface area contributed by atoms with E-state index in [2.05, 4.69) is 4.90 Å². The summed E-state index contributed by atoms with van der Waals surface area (Å²) in [5.74, 6) is 0. The summed E-state index contributed by atoms with van der Waals surface area (Å²) in [7, 11) is 7.67. The molecule has 2 amide bonds. The molecule has 0 aromatic carbocycles. The summed E-state index contributed by atoms with van der Waals surface area (Å²) in [5, 5.41) is 0. The summed E-state index contributed by atoms with van der Waals surface area (Å²) in [5.41, 5.74) is 0. The van der Waals surface area contributed by atoms with Gasteiger partial charge in [-0.1, -0.05) is 0 Å². The lowest BCUT2D eigenvalue weighted by molar-refractivity contribution is 0.0798. The predicted molar refractivity (Wildman–Crippen MR) is 52.7 cm³/mol. The first-order chi connectivity index (χ1) is 6.02. The van der Waals surface area contributed by atoms with Crippen LogP contribution in [-0.2, 0) is 0 Å². The number of hydrogen-bond acceptors (Lipinski definition) is 2. The van der Waals surface area contributed by atoms with Gasteiger partial charge in [0.25, 0.3) is 0 Å². The number of likely N-dealkylation sites (tertiary alicyclic amines) is 1. The fraction of sp³-hybridized carbons (Fsp3) is 0.889. The molecule has 1 aliphatic rings. The van der Waals surface area contributed by atoms with Crippen molar-refractivity contribution < 1.29 is 4.79 Å². The average Bonchev–Trinajstić information content (AvgIpc) is 1.98. The van der Waals surface area contributed by atoms with E-state index in [-0.39, 0.29) is 6.03 Å². The summed E-state index contributed by atoms with van der Waals surface area (Å²) in [6, 6.07) is 0.558. The van der Waals surface area contributed by atoms with Gasteiger partial charge in [0.15, 0.2) is 0 Å². The molecule has 0 saturated carbocycles. The molecule has 0 N–H and O–H groups in total. The van der Waals surface area contributed by atoms with Crippen LogP contribution in [0.15, 0.2) is 0 Å². The number of likely N-dealkylation sites (N-methyl/N-ethyl adjacent to an activating group) is 1. The molecule has 0 bridgehead atoms. The molecular weight excluding hydrogens is 166 g/mol. The first kappa shape index (κ1) is 10.3. The van der Waals surface area contributed by atoms with Gasteiger partial charge in [0.05, 0.1) is 0 Å². The van der Waals surface area contributed by atoms with Crippen LogP contribution >= 0.6 is 0 Å². The Bertz CT molecular complexity index is 191. The van der Waals surface area contributed by atoms with Crippen LogP contribution in [0.3, 0.4) is 0 Å². The van der Waals surface area contributed by atoms with E-state index in [4.69, 9.17) is 0 Å². The normalized spacial score (nSPS) is 21.6. The molecule has 76 valence electrons. The van der Waals surface area contributed by atoms with E-state index < -0.39 is 0 Å². The van der Waals surface area contributed by atoms with E-state index in [0.29, 0.717) is 6.04 Å². The second-order valence-electron chi connectivity index (χ2n) is 4.08. The van der Waals surface area contributed by atoms with E-state index in [1.165, 1.54) is 0 Å². The third-order valence-electron chi connectivity index (χ3n) is 2.35. The van der Waals surface area contributed by atoms with Crippen molar-refractivity contribution in [2.45, 2.75) is 12.5 Å². The van der Waals surface area contributed by atoms with Gasteiger partial charge in [-0.3, -0.25) is 0 Å². The molecular formula is C9H19N3O. The Morgan fingerprint density at radius 1 is 1.38 bits per heavy atom. The fourth-order valence-electron chi connectivity index (χ4n) is 1.56. The van der Waals surface area contributed by atoms with Crippen LogP contribution in [-0.4, -0.2) is 68.1 Å². The van der Waals surface area contributed by atoms with E-state index in [1.807, 2.05) is 19.0 Å². The first-order valence-corrected chi connectivity index (χ1v) is 4.65. The molecule has 1 heterocycles. The zero-order valence-corrected chi connectivity index (χ0v) is 8.95. The van der Waals surface area contributed by atoms with Crippen LogP contribution in [0.4, 0.5) is 4.79 Å². The van der Waals surface area contributed by atoms with Crippen molar-refractivity contribution >= 4 is 6.03 Å². The highest BCUT2D eigenvalue weighted by Gasteiger charge is 2.32. The highest BCUT2D eigenvalue weighted by atomic mass is 16.2. The lowest BCUT2D eigenvalue weighted by atomic mass is 10.0. The lowest BCUT2D eigenvalue weighted by Gasteiger charge is -2.43. The Labute approximate surface area is 80.1 Å². The molecule has 4 heteroatoms. The Morgan fingerprint density at radius 2 is 2.00 bits per heavy atom. The number of nitrogens with zero attached hydrogens (tertiary/aromatic N) is 3. The zero-order chi connectivity index (χ0) is 10.0. The molecule has 0 aliphatic carbocycles. The molecule has 0 aromatic heterocycles. The number of rotatable bonds is 2. The van der Waals surface area contributed by atoms with Gasteiger partial charge in [-0.2, -0.15) is 0 Å². The average molecular weight is 185 g/mol. The van der Waals surface area contributed by atoms with Gasteiger partial charge in [-0.25, -0.2) is 4.79 Å². The van der Waals surface area contributed by atoms with Gasteiger partial charge in [-0.15, -0.1) is 0 Å².